The summed E-state index contributed by atoms with van der Waals surface area (Å²) in [7, 11) is 1.94. The molecule has 1 saturated heterocycles. The van der Waals surface area contributed by atoms with Crippen LogP contribution in [0.15, 0.2) is 24.3 Å². The number of aryl methyl sites for hydroxylation is 1. The number of hydrogen-bond donors (Lipinski definition) is 1. The van der Waals surface area contributed by atoms with Crippen LogP contribution in [0.2, 0.25) is 0 Å². The van der Waals surface area contributed by atoms with Crippen LogP contribution >= 0.6 is 0 Å². The van der Waals surface area contributed by atoms with E-state index in [9.17, 15) is 4.79 Å². The van der Waals surface area contributed by atoms with Gasteiger partial charge in [-0.05, 0) is 49.9 Å². The first-order valence-corrected chi connectivity index (χ1v) is 8.15. The van der Waals surface area contributed by atoms with E-state index in [1.165, 1.54) is 11.1 Å². The third-order valence-electron chi connectivity index (χ3n) is 4.89. The van der Waals surface area contributed by atoms with E-state index >= 15 is 0 Å². The molecular formula is C18H28N2O. The van der Waals surface area contributed by atoms with Gasteiger partial charge in [-0.15, -0.1) is 0 Å². The summed E-state index contributed by atoms with van der Waals surface area (Å²) in [6.07, 6.45) is 3.91. The van der Waals surface area contributed by atoms with E-state index in [2.05, 4.69) is 43.4 Å². The third-order valence-corrected chi connectivity index (χ3v) is 4.89. The normalized spacial score (nSPS) is 17.5. The van der Waals surface area contributed by atoms with Crippen molar-refractivity contribution < 1.29 is 4.79 Å². The number of nitrogens with zero attached hydrogens (tertiary/aromatic N) is 1. The quantitative estimate of drug-likeness (QED) is 0.903. The lowest BCUT2D eigenvalue weighted by molar-refractivity contribution is -0.143. The molecule has 1 amide bonds. The second kappa shape index (κ2) is 7.08. The molecule has 1 aliphatic rings. The van der Waals surface area contributed by atoms with Crippen molar-refractivity contribution in [2.24, 2.45) is 5.41 Å². The van der Waals surface area contributed by atoms with Crippen molar-refractivity contribution in [2.45, 2.75) is 46.1 Å². The van der Waals surface area contributed by atoms with Crippen molar-refractivity contribution in [1.82, 2.24) is 10.2 Å². The van der Waals surface area contributed by atoms with E-state index in [1.54, 1.807) is 0 Å². The molecule has 1 heterocycles. The molecule has 2 rings (SSSR count). The molecule has 0 spiro atoms. The molecule has 0 saturated carbocycles. The predicted octanol–water partition coefficient (Wildman–Crippen LogP) is 2.99. The largest absolute Gasteiger partial charge is 0.341 e. The summed E-state index contributed by atoms with van der Waals surface area (Å²) in [5.41, 5.74) is 2.41. The van der Waals surface area contributed by atoms with Crippen LogP contribution in [0.5, 0.6) is 0 Å². The third kappa shape index (κ3) is 3.65. The Morgan fingerprint density at radius 3 is 2.24 bits per heavy atom. The van der Waals surface area contributed by atoms with Gasteiger partial charge in [-0.25, -0.2) is 0 Å². The molecule has 0 atom stereocenters. The zero-order valence-electron chi connectivity index (χ0n) is 13.6. The lowest BCUT2D eigenvalue weighted by Crippen LogP contribution is -2.47. The molecule has 0 bridgehead atoms. The van der Waals surface area contributed by atoms with Crippen LogP contribution in [0.3, 0.4) is 0 Å². The van der Waals surface area contributed by atoms with Gasteiger partial charge in [0.1, 0.15) is 0 Å². The Kier molecular flexibility index (Phi) is 5.40. The van der Waals surface area contributed by atoms with Crippen molar-refractivity contribution in [3.8, 4) is 0 Å². The van der Waals surface area contributed by atoms with Crippen LogP contribution in [-0.4, -0.2) is 30.9 Å². The number of benzene rings is 1. The molecule has 3 nitrogen and oxygen atoms in total. The molecule has 0 aliphatic carbocycles. The highest BCUT2D eigenvalue weighted by atomic mass is 16.2. The zero-order valence-corrected chi connectivity index (χ0v) is 13.6. The second-order valence-corrected chi connectivity index (χ2v) is 6.22. The minimum absolute atomic E-state index is 0.149. The maximum absolute atomic E-state index is 12.9. The topological polar surface area (TPSA) is 32.3 Å². The first kappa shape index (κ1) is 16.0. The SMILES string of the molecule is CCc1ccc(CN(C)C(=O)C2(CC)CCNCC2)cc1. The summed E-state index contributed by atoms with van der Waals surface area (Å²) >= 11 is 0. The minimum Gasteiger partial charge on any atom is -0.341 e. The van der Waals surface area contributed by atoms with E-state index in [0.717, 1.165) is 38.8 Å². The van der Waals surface area contributed by atoms with Gasteiger partial charge >= 0.3 is 0 Å². The van der Waals surface area contributed by atoms with Gasteiger partial charge in [0.25, 0.3) is 0 Å². The highest BCUT2D eigenvalue weighted by Gasteiger charge is 2.39. The van der Waals surface area contributed by atoms with Crippen molar-refractivity contribution in [3.63, 3.8) is 0 Å². The Morgan fingerprint density at radius 2 is 1.71 bits per heavy atom. The highest BCUT2D eigenvalue weighted by Crippen LogP contribution is 2.34. The Morgan fingerprint density at radius 1 is 1.14 bits per heavy atom. The van der Waals surface area contributed by atoms with Crippen LogP contribution < -0.4 is 5.32 Å². The molecule has 0 radical (unpaired) electrons. The molecule has 116 valence electrons. The Bertz CT molecular complexity index is 461. The van der Waals surface area contributed by atoms with E-state index in [1.807, 2.05) is 11.9 Å². The molecular weight excluding hydrogens is 260 g/mol. The van der Waals surface area contributed by atoms with Gasteiger partial charge in [0, 0.05) is 13.6 Å². The lowest BCUT2D eigenvalue weighted by Gasteiger charge is -2.38. The molecule has 1 aromatic carbocycles. The molecule has 3 heteroatoms. The fourth-order valence-corrected chi connectivity index (χ4v) is 3.25. The summed E-state index contributed by atoms with van der Waals surface area (Å²) < 4.78 is 0. The van der Waals surface area contributed by atoms with Crippen molar-refractivity contribution in [3.05, 3.63) is 35.4 Å². The van der Waals surface area contributed by atoms with E-state index in [0.29, 0.717) is 12.5 Å². The molecule has 1 fully saturated rings. The van der Waals surface area contributed by atoms with Crippen LogP contribution in [-0.2, 0) is 17.8 Å². The fourth-order valence-electron chi connectivity index (χ4n) is 3.25. The van der Waals surface area contributed by atoms with Crippen molar-refractivity contribution in [2.75, 3.05) is 20.1 Å². The van der Waals surface area contributed by atoms with Gasteiger partial charge in [0.05, 0.1) is 5.41 Å². The van der Waals surface area contributed by atoms with Gasteiger partial charge in [-0.3, -0.25) is 4.79 Å². The first-order chi connectivity index (χ1) is 10.1. The van der Waals surface area contributed by atoms with E-state index in [-0.39, 0.29) is 5.41 Å². The predicted molar refractivity (Wildman–Crippen MR) is 87.1 cm³/mol. The number of rotatable bonds is 5. The molecule has 1 aromatic rings. The maximum Gasteiger partial charge on any atom is 0.228 e. The Hall–Kier alpha value is -1.35. The van der Waals surface area contributed by atoms with Gasteiger partial charge in [0.15, 0.2) is 0 Å². The number of amides is 1. The van der Waals surface area contributed by atoms with Crippen LogP contribution in [0.1, 0.15) is 44.2 Å². The summed E-state index contributed by atoms with van der Waals surface area (Å²) in [5, 5.41) is 3.36. The molecule has 0 aromatic heterocycles. The van der Waals surface area contributed by atoms with Gasteiger partial charge in [-0.1, -0.05) is 38.1 Å². The van der Waals surface area contributed by atoms with Crippen LogP contribution in [0.4, 0.5) is 0 Å². The first-order valence-electron chi connectivity index (χ1n) is 8.15. The number of carbonyl (C=O) groups excluding carboxylic acids is 1. The zero-order chi connectivity index (χ0) is 15.3. The Labute approximate surface area is 128 Å². The monoisotopic (exact) mass is 288 g/mol. The van der Waals surface area contributed by atoms with Crippen molar-refractivity contribution >= 4 is 5.91 Å². The average Bonchev–Trinajstić information content (AvgIpc) is 2.55. The van der Waals surface area contributed by atoms with Crippen LogP contribution in [0.25, 0.3) is 0 Å². The smallest absolute Gasteiger partial charge is 0.228 e. The van der Waals surface area contributed by atoms with Gasteiger partial charge in [0.2, 0.25) is 5.91 Å². The minimum atomic E-state index is -0.149. The standard InChI is InChI=1S/C18H28N2O/c1-4-15-6-8-16(9-7-15)14-20(3)17(21)18(5-2)10-12-19-13-11-18/h6-9,19H,4-5,10-14H2,1-3H3. The van der Waals surface area contributed by atoms with Crippen molar-refractivity contribution in [1.29, 1.82) is 0 Å². The lowest BCUT2D eigenvalue weighted by atomic mass is 9.75. The molecule has 1 N–H and O–H groups in total. The maximum atomic E-state index is 12.9. The summed E-state index contributed by atoms with van der Waals surface area (Å²) in [6, 6.07) is 8.61. The Balaban J connectivity index is 2.03. The summed E-state index contributed by atoms with van der Waals surface area (Å²) in [6.45, 7) is 6.93. The highest BCUT2D eigenvalue weighted by molar-refractivity contribution is 5.82. The number of carbonyl (C=O) groups is 1. The van der Waals surface area contributed by atoms with Gasteiger partial charge < -0.3 is 10.2 Å². The molecule has 1 aliphatic heterocycles. The number of hydrogen-bond acceptors (Lipinski definition) is 2. The van der Waals surface area contributed by atoms with E-state index in [4.69, 9.17) is 0 Å². The summed E-state index contributed by atoms with van der Waals surface area (Å²) in [5.74, 6) is 0.311. The average molecular weight is 288 g/mol. The van der Waals surface area contributed by atoms with Gasteiger partial charge in [-0.2, -0.15) is 0 Å². The van der Waals surface area contributed by atoms with E-state index < -0.39 is 0 Å². The molecule has 0 unspecified atom stereocenters. The second-order valence-electron chi connectivity index (χ2n) is 6.22. The summed E-state index contributed by atoms with van der Waals surface area (Å²) in [4.78, 5) is 14.8. The molecule has 21 heavy (non-hydrogen) atoms. The fraction of sp³-hybridized carbons (Fsp3) is 0.611. The van der Waals surface area contributed by atoms with Crippen LogP contribution in [0, 0.1) is 5.41 Å². The number of piperidine rings is 1. The number of nitrogens with one attached hydrogen (secondary N) is 1.